The maximum Gasteiger partial charge on any atom is 0.269 e. The van der Waals surface area contributed by atoms with Crippen molar-refractivity contribution in [1.29, 1.82) is 0 Å². The van der Waals surface area contributed by atoms with E-state index in [-0.39, 0.29) is 5.69 Å². The lowest BCUT2D eigenvalue weighted by Gasteiger charge is -2.07. The molecule has 0 spiro atoms. The minimum absolute atomic E-state index is 0.0880. The van der Waals surface area contributed by atoms with Crippen molar-refractivity contribution in [2.75, 3.05) is 0 Å². The maximum absolute atomic E-state index is 10.7. The lowest BCUT2D eigenvalue weighted by atomic mass is 10.2. The second-order valence-corrected chi connectivity index (χ2v) is 5.11. The van der Waals surface area contributed by atoms with Crippen LogP contribution < -0.4 is 5.32 Å². The zero-order valence-corrected chi connectivity index (χ0v) is 12.0. The predicted molar refractivity (Wildman–Crippen MR) is 80.1 cm³/mol. The molecule has 0 aliphatic carbocycles. The van der Waals surface area contributed by atoms with Crippen molar-refractivity contribution >= 4 is 28.9 Å². The van der Waals surface area contributed by atoms with Gasteiger partial charge in [-0.05, 0) is 29.3 Å². The monoisotopic (exact) mass is 310 g/mol. The van der Waals surface area contributed by atoms with Gasteiger partial charge in [-0.3, -0.25) is 10.1 Å². The molecule has 0 fully saturated rings. The summed E-state index contributed by atoms with van der Waals surface area (Å²) in [6, 6.07) is 11.8. The number of nitrogens with one attached hydrogen (secondary N) is 1. The first kappa shape index (κ1) is 14.8. The average Bonchev–Trinajstić information content (AvgIpc) is 2.43. The van der Waals surface area contributed by atoms with Crippen molar-refractivity contribution < 1.29 is 4.92 Å². The van der Waals surface area contributed by atoms with Crippen molar-refractivity contribution in [3.8, 4) is 0 Å². The second kappa shape index (κ2) is 6.70. The fraction of sp³-hybridized carbons (Fsp3) is 0.143. The third-order valence-corrected chi connectivity index (χ3v) is 3.38. The van der Waals surface area contributed by atoms with Crippen LogP contribution in [0.3, 0.4) is 0 Å². The lowest BCUT2D eigenvalue weighted by Crippen LogP contribution is -2.13. The smallest absolute Gasteiger partial charge is 0.269 e. The predicted octanol–water partition coefficient (Wildman–Crippen LogP) is 4.19. The Bertz CT molecular complexity index is 632. The summed E-state index contributed by atoms with van der Waals surface area (Å²) in [7, 11) is 0. The van der Waals surface area contributed by atoms with Crippen LogP contribution in [0.15, 0.2) is 42.5 Å². The molecule has 0 aliphatic heterocycles. The van der Waals surface area contributed by atoms with Crippen molar-refractivity contribution in [3.63, 3.8) is 0 Å². The average molecular weight is 311 g/mol. The SMILES string of the molecule is O=[N+]([O-])c1cccc(CNCc2cc(Cl)ccc2Cl)c1. The van der Waals surface area contributed by atoms with E-state index in [9.17, 15) is 10.1 Å². The van der Waals surface area contributed by atoms with Crippen LogP contribution in [0.5, 0.6) is 0 Å². The number of nitrogens with zero attached hydrogens (tertiary/aromatic N) is 1. The molecule has 0 saturated carbocycles. The highest BCUT2D eigenvalue weighted by molar-refractivity contribution is 6.33. The van der Waals surface area contributed by atoms with Crippen LogP contribution in [0.4, 0.5) is 5.69 Å². The molecule has 1 N–H and O–H groups in total. The quantitative estimate of drug-likeness (QED) is 0.665. The summed E-state index contributed by atoms with van der Waals surface area (Å²) in [5, 5.41) is 15.1. The molecular weight excluding hydrogens is 299 g/mol. The molecule has 0 aromatic heterocycles. The van der Waals surface area contributed by atoms with Gasteiger partial charge >= 0.3 is 0 Å². The van der Waals surface area contributed by atoms with Crippen molar-refractivity contribution in [1.82, 2.24) is 5.32 Å². The minimum Gasteiger partial charge on any atom is -0.309 e. The largest absolute Gasteiger partial charge is 0.309 e. The molecule has 2 aromatic carbocycles. The Morgan fingerprint density at radius 2 is 1.90 bits per heavy atom. The molecule has 2 aromatic rings. The summed E-state index contributed by atoms with van der Waals surface area (Å²) in [5.41, 5.74) is 1.83. The fourth-order valence-electron chi connectivity index (χ4n) is 1.80. The molecule has 0 unspecified atom stereocenters. The molecule has 0 radical (unpaired) electrons. The van der Waals surface area contributed by atoms with Gasteiger partial charge in [-0.25, -0.2) is 0 Å². The Hall–Kier alpha value is -1.62. The first-order chi connectivity index (χ1) is 9.56. The molecular formula is C14H12Cl2N2O2. The number of nitro groups is 1. The topological polar surface area (TPSA) is 55.2 Å². The molecule has 2 rings (SSSR count). The Labute approximate surface area is 126 Å². The molecule has 0 saturated heterocycles. The van der Waals surface area contributed by atoms with Gasteiger partial charge in [-0.2, -0.15) is 0 Å². The first-order valence-corrected chi connectivity index (χ1v) is 6.70. The van der Waals surface area contributed by atoms with Crippen LogP contribution in [-0.4, -0.2) is 4.92 Å². The molecule has 0 heterocycles. The van der Waals surface area contributed by atoms with Gasteiger partial charge < -0.3 is 5.32 Å². The molecule has 104 valence electrons. The maximum atomic E-state index is 10.7. The lowest BCUT2D eigenvalue weighted by molar-refractivity contribution is -0.384. The highest BCUT2D eigenvalue weighted by Gasteiger charge is 2.06. The van der Waals surface area contributed by atoms with Gasteiger partial charge in [0.15, 0.2) is 0 Å². The van der Waals surface area contributed by atoms with Gasteiger partial charge in [0, 0.05) is 35.3 Å². The number of hydrogen-bond donors (Lipinski definition) is 1. The third kappa shape index (κ3) is 3.93. The van der Waals surface area contributed by atoms with E-state index in [1.807, 2.05) is 6.07 Å². The zero-order chi connectivity index (χ0) is 14.5. The van der Waals surface area contributed by atoms with Gasteiger partial charge in [-0.1, -0.05) is 35.3 Å². The zero-order valence-electron chi connectivity index (χ0n) is 10.5. The highest BCUT2D eigenvalue weighted by atomic mass is 35.5. The minimum atomic E-state index is -0.405. The van der Waals surface area contributed by atoms with Crippen LogP contribution in [0.2, 0.25) is 10.0 Å². The summed E-state index contributed by atoms with van der Waals surface area (Å²) in [4.78, 5) is 10.3. The summed E-state index contributed by atoms with van der Waals surface area (Å²) < 4.78 is 0. The van der Waals surface area contributed by atoms with Crippen LogP contribution in [0, 0.1) is 10.1 Å². The summed E-state index contributed by atoms with van der Waals surface area (Å²) in [6.07, 6.45) is 0. The number of halogens is 2. The van der Waals surface area contributed by atoms with Crippen molar-refractivity contribution in [3.05, 3.63) is 73.8 Å². The van der Waals surface area contributed by atoms with Crippen LogP contribution in [0.1, 0.15) is 11.1 Å². The van der Waals surface area contributed by atoms with Gasteiger partial charge in [0.25, 0.3) is 5.69 Å². The molecule has 6 heteroatoms. The van der Waals surface area contributed by atoms with E-state index in [0.717, 1.165) is 11.1 Å². The van der Waals surface area contributed by atoms with Crippen LogP contribution in [0.25, 0.3) is 0 Å². The fourth-order valence-corrected chi connectivity index (χ4v) is 2.18. The number of rotatable bonds is 5. The molecule has 0 amide bonds. The van der Waals surface area contributed by atoms with Gasteiger partial charge in [0.2, 0.25) is 0 Å². The van der Waals surface area contributed by atoms with E-state index in [0.29, 0.717) is 23.1 Å². The number of hydrogen-bond acceptors (Lipinski definition) is 3. The number of benzene rings is 2. The highest BCUT2D eigenvalue weighted by Crippen LogP contribution is 2.20. The van der Waals surface area contributed by atoms with E-state index in [4.69, 9.17) is 23.2 Å². The van der Waals surface area contributed by atoms with Gasteiger partial charge in [0.1, 0.15) is 0 Å². The van der Waals surface area contributed by atoms with E-state index in [2.05, 4.69) is 5.32 Å². The van der Waals surface area contributed by atoms with Crippen molar-refractivity contribution in [2.45, 2.75) is 13.1 Å². The molecule has 4 nitrogen and oxygen atoms in total. The number of nitro benzene ring substituents is 1. The second-order valence-electron chi connectivity index (χ2n) is 4.27. The summed E-state index contributed by atoms with van der Waals surface area (Å²) >= 11 is 12.0. The molecule has 20 heavy (non-hydrogen) atoms. The van der Waals surface area contributed by atoms with Crippen LogP contribution in [-0.2, 0) is 13.1 Å². The van der Waals surface area contributed by atoms with Gasteiger partial charge in [-0.15, -0.1) is 0 Å². The first-order valence-electron chi connectivity index (χ1n) is 5.94. The molecule has 0 bridgehead atoms. The standard InChI is InChI=1S/C14H12Cl2N2O2/c15-12-4-5-14(16)11(7-12)9-17-8-10-2-1-3-13(6-10)18(19)20/h1-7,17H,8-9H2. The van der Waals surface area contributed by atoms with Crippen LogP contribution >= 0.6 is 23.2 Å². The number of non-ortho nitro benzene ring substituents is 1. The summed E-state index contributed by atoms with van der Waals surface area (Å²) in [6.45, 7) is 1.06. The van der Waals surface area contributed by atoms with Gasteiger partial charge in [0.05, 0.1) is 4.92 Å². The van der Waals surface area contributed by atoms with E-state index in [1.165, 1.54) is 6.07 Å². The third-order valence-electron chi connectivity index (χ3n) is 2.77. The summed E-state index contributed by atoms with van der Waals surface area (Å²) in [5.74, 6) is 0. The Morgan fingerprint density at radius 3 is 2.65 bits per heavy atom. The normalized spacial score (nSPS) is 10.5. The molecule has 0 atom stereocenters. The van der Waals surface area contributed by atoms with E-state index >= 15 is 0 Å². The Morgan fingerprint density at radius 1 is 1.10 bits per heavy atom. The molecule has 0 aliphatic rings. The van der Waals surface area contributed by atoms with E-state index < -0.39 is 4.92 Å². The Kier molecular flexibility index (Phi) is 4.95. The van der Waals surface area contributed by atoms with E-state index in [1.54, 1.807) is 30.3 Å². The Balaban J connectivity index is 1.97. The van der Waals surface area contributed by atoms with Crippen molar-refractivity contribution in [2.24, 2.45) is 0 Å².